The molecule has 2 saturated carbocycles. The van der Waals surface area contributed by atoms with Gasteiger partial charge in [-0.25, -0.2) is 33.3 Å². The number of rotatable bonds is 8. The molecule has 0 saturated heterocycles. The molecule has 250 valence electrons. The summed E-state index contributed by atoms with van der Waals surface area (Å²) in [6, 6.07) is -0.696. The van der Waals surface area contributed by atoms with Crippen molar-refractivity contribution in [2.24, 2.45) is 0 Å². The van der Waals surface area contributed by atoms with Gasteiger partial charge in [0.25, 0.3) is 5.84 Å². The van der Waals surface area contributed by atoms with Crippen LogP contribution in [0.1, 0.15) is 64.2 Å². The first-order chi connectivity index (χ1) is 22.1. The van der Waals surface area contributed by atoms with Gasteiger partial charge in [0.1, 0.15) is 16.7 Å². The summed E-state index contributed by atoms with van der Waals surface area (Å²) in [5, 5.41) is 3.46. The zero-order valence-corrected chi connectivity index (χ0v) is 27.1. The molecule has 0 atom stereocenters. The first-order valence-corrected chi connectivity index (χ1v) is 15.3. The normalized spacial score (nSPS) is 20.1. The molecule has 1 spiro atoms. The molecule has 0 aromatic carbocycles. The van der Waals surface area contributed by atoms with Gasteiger partial charge in [0.15, 0.2) is 5.57 Å². The quantitative estimate of drug-likeness (QED) is 0.228. The number of carbonyl (C=O) groups is 6. The number of methoxy groups -OCH3 is 6. The van der Waals surface area contributed by atoms with Gasteiger partial charge in [-0.05, 0) is 51.4 Å². The van der Waals surface area contributed by atoms with E-state index in [2.05, 4.69) is 5.32 Å². The Kier molecular flexibility index (Phi) is 10.7. The van der Waals surface area contributed by atoms with Crippen molar-refractivity contribution < 1.29 is 61.8 Å². The fourth-order valence-corrected chi connectivity index (χ4v) is 7.28. The van der Waals surface area contributed by atoms with Crippen molar-refractivity contribution in [2.45, 2.75) is 81.8 Å². The van der Waals surface area contributed by atoms with E-state index in [1.165, 1.54) is 0 Å². The molecule has 2 fully saturated rings. The second kappa shape index (κ2) is 14.3. The van der Waals surface area contributed by atoms with E-state index in [-0.39, 0.29) is 17.5 Å². The molecule has 14 heteroatoms. The highest BCUT2D eigenvalue weighted by atomic mass is 16.5. The summed E-state index contributed by atoms with van der Waals surface area (Å²) in [6.45, 7) is 0. The molecule has 0 aromatic heterocycles. The van der Waals surface area contributed by atoms with Crippen LogP contribution in [0.3, 0.4) is 0 Å². The minimum atomic E-state index is -2.44. The fourth-order valence-electron chi connectivity index (χ4n) is 7.28. The molecular weight excluding hydrogens is 604 g/mol. The fraction of sp³-hybridized carbons (Fsp3) is 0.594. The standard InChI is InChI=1S/C32H40N2O12/c1-41-26(35)19-20(27(36)42-2)23(30(39)45-5)32(22(19)29(38)44-4)24(31(40)46-6)21(28(37)43-3)25(33-17-13-9-7-10-14-17)34(32)18-15-11-8-12-16-18/h17-18H,7-16H2,1-6H3/p+1. The lowest BCUT2D eigenvalue weighted by atomic mass is 9.75. The summed E-state index contributed by atoms with van der Waals surface area (Å²) in [5.74, 6) is -6.74. The van der Waals surface area contributed by atoms with Gasteiger partial charge in [-0.1, -0.05) is 12.8 Å². The molecule has 0 unspecified atom stereocenters. The molecule has 4 rings (SSSR count). The first-order valence-electron chi connectivity index (χ1n) is 15.3. The van der Waals surface area contributed by atoms with Crippen molar-refractivity contribution >= 4 is 41.7 Å². The van der Waals surface area contributed by atoms with Crippen molar-refractivity contribution in [3.63, 3.8) is 0 Å². The van der Waals surface area contributed by atoms with Crippen molar-refractivity contribution in [3.05, 3.63) is 33.4 Å². The van der Waals surface area contributed by atoms with Crippen LogP contribution in [0.5, 0.6) is 0 Å². The van der Waals surface area contributed by atoms with Crippen molar-refractivity contribution in [1.29, 1.82) is 0 Å². The van der Waals surface area contributed by atoms with E-state index in [1.807, 2.05) is 0 Å². The van der Waals surface area contributed by atoms with Crippen LogP contribution in [0, 0.1) is 0 Å². The van der Waals surface area contributed by atoms with E-state index in [4.69, 9.17) is 28.4 Å². The lowest BCUT2D eigenvalue weighted by Gasteiger charge is -2.37. The van der Waals surface area contributed by atoms with E-state index in [0.29, 0.717) is 12.8 Å². The third kappa shape index (κ3) is 5.47. The van der Waals surface area contributed by atoms with Crippen LogP contribution in [0.15, 0.2) is 33.4 Å². The summed E-state index contributed by atoms with van der Waals surface area (Å²) in [6.07, 6.45) is 7.66. The topological polar surface area (TPSA) is 173 Å². The summed E-state index contributed by atoms with van der Waals surface area (Å²) in [5.41, 5.74) is -5.83. The predicted molar refractivity (Wildman–Crippen MR) is 158 cm³/mol. The Morgan fingerprint density at radius 1 is 0.522 bits per heavy atom. The number of amidine groups is 1. The zero-order valence-electron chi connectivity index (χ0n) is 27.1. The number of carbonyl (C=O) groups excluding carboxylic acids is 6. The average molecular weight is 646 g/mol. The van der Waals surface area contributed by atoms with Gasteiger partial charge in [-0.3, -0.25) is 5.32 Å². The predicted octanol–water partition coefficient (Wildman–Crippen LogP) is 1.35. The number of hydrogen-bond donors (Lipinski definition) is 1. The molecule has 1 aliphatic heterocycles. The van der Waals surface area contributed by atoms with Crippen LogP contribution >= 0.6 is 0 Å². The molecule has 46 heavy (non-hydrogen) atoms. The number of nitrogens with zero attached hydrogens (tertiary/aromatic N) is 1. The Balaban J connectivity index is 2.36. The highest BCUT2D eigenvalue weighted by Gasteiger charge is 2.71. The highest BCUT2D eigenvalue weighted by molar-refractivity contribution is 6.29. The molecule has 0 amide bonds. The molecule has 0 radical (unpaired) electrons. The van der Waals surface area contributed by atoms with E-state index in [0.717, 1.165) is 94.0 Å². The Morgan fingerprint density at radius 2 is 0.870 bits per heavy atom. The Labute approximate surface area is 266 Å². The van der Waals surface area contributed by atoms with E-state index >= 15 is 0 Å². The van der Waals surface area contributed by atoms with E-state index in [1.54, 1.807) is 4.58 Å². The van der Waals surface area contributed by atoms with Crippen LogP contribution in [-0.2, 0) is 57.2 Å². The van der Waals surface area contributed by atoms with Crippen LogP contribution in [-0.4, -0.2) is 107 Å². The van der Waals surface area contributed by atoms with Crippen LogP contribution in [0.25, 0.3) is 0 Å². The highest BCUT2D eigenvalue weighted by Crippen LogP contribution is 2.54. The third-order valence-electron chi connectivity index (χ3n) is 9.15. The van der Waals surface area contributed by atoms with Crippen molar-refractivity contribution in [3.8, 4) is 0 Å². The van der Waals surface area contributed by atoms with Gasteiger partial charge in [-0.15, -0.1) is 0 Å². The van der Waals surface area contributed by atoms with Crippen LogP contribution < -0.4 is 5.32 Å². The molecule has 4 aliphatic rings. The monoisotopic (exact) mass is 645 g/mol. The van der Waals surface area contributed by atoms with Gasteiger partial charge < -0.3 is 28.4 Å². The Bertz CT molecular complexity index is 1400. The summed E-state index contributed by atoms with van der Waals surface area (Å²) >= 11 is 0. The minimum Gasteiger partial charge on any atom is -0.465 e. The minimum absolute atomic E-state index is 0.101. The number of nitrogens with one attached hydrogen (secondary N) is 1. The third-order valence-corrected chi connectivity index (χ3v) is 9.15. The van der Waals surface area contributed by atoms with Crippen molar-refractivity contribution in [1.82, 2.24) is 5.32 Å². The van der Waals surface area contributed by atoms with Gasteiger partial charge in [0, 0.05) is 0 Å². The second-order valence-electron chi connectivity index (χ2n) is 11.4. The molecule has 1 heterocycles. The molecule has 0 aromatic rings. The molecule has 1 N–H and O–H groups in total. The summed E-state index contributed by atoms with van der Waals surface area (Å²) in [7, 11) is 6.32. The maximum Gasteiger partial charge on any atom is 0.347 e. The van der Waals surface area contributed by atoms with E-state index in [9.17, 15) is 28.8 Å². The van der Waals surface area contributed by atoms with Gasteiger partial charge in [0.05, 0.1) is 65.9 Å². The first kappa shape index (κ1) is 34.4. The van der Waals surface area contributed by atoms with Gasteiger partial charge in [0.2, 0.25) is 5.54 Å². The zero-order chi connectivity index (χ0) is 33.8. The lowest BCUT2D eigenvalue weighted by molar-refractivity contribution is -0.611. The number of hydrogen-bond acceptors (Lipinski definition) is 13. The Hall–Kier alpha value is -4.49. The van der Waals surface area contributed by atoms with Crippen molar-refractivity contribution in [2.75, 3.05) is 42.7 Å². The number of ether oxygens (including phenoxy) is 6. The SMILES string of the molecule is COC(=O)C1=C(C(=O)OC)C2(C(C(=O)OC)=C1C(=O)OC)C(C(=O)OC)=C(C(=O)OC)C(NC1CCCCC1)=[N+]2C1CCCCC1. The second-order valence-corrected chi connectivity index (χ2v) is 11.4. The average Bonchev–Trinajstić information content (AvgIpc) is 3.56. The number of esters is 6. The van der Waals surface area contributed by atoms with Gasteiger partial charge >= 0.3 is 35.8 Å². The largest absolute Gasteiger partial charge is 0.465 e. The van der Waals surface area contributed by atoms with Crippen LogP contribution in [0.2, 0.25) is 0 Å². The summed E-state index contributed by atoms with van der Waals surface area (Å²) in [4.78, 5) is 83.4. The van der Waals surface area contributed by atoms with Gasteiger partial charge in [-0.2, -0.15) is 0 Å². The lowest BCUT2D eigenvalue weighted by Crippen LogP contribution is -2.56. The molecule has 14 nitrogen and oxygen atoms in total. The smallest absolute Gasteiger partial charge is 0.347 e. The maximum atomic E-state index is 14.1. The molecule has 3 aliphatic carbocycles. The summed E-state index contributed by atoms with van der Waals surface area (Å²) < 4.78 is 32.5. The molecule has 0 bridgehead atoms. The van der Waals surface area contributed by atoms with Crippen LogP contribution in [0.4, 0.5) is 0 Å². The maximum absolute atomic E-state index is 14.1. The Morgan fingerprint density at radius 3 is 1.26 bits per heavy atom. The van der Waals surface area contributed by atoms with E-state index < -0.39 is 75.3 Å². The molecular formula is C32H41N2O12+.